The van der Waals surface area contributed by atoms with Crippen LogP contribution in [0.15, 0.2) is 15.5 Å². The molecular weight excluding hydrogens is 304 g/mol. The summed E-state index contributed by atoms with van der Waals surface area (Å²) in [5, 5.41) is 15.5. The normalized spacial score (nSPS) is 11.3. The van der Waals surface area contributed by atoms with Crippen LogP contribution in [0.2, 0.25) is 0 Å². The Kier molecular flexibility index (Phi) is 4.47. The number of hydrogen-bond donors (Lipinski definition) is 3. The van der Waals surface area contributed by atoms with Crippen molar-refractivity contribution in [2.45, 2.75) is 25.9 Å². The van der Waals surface area contributed by atoms with Gasteiger partial charge in [0.1, 0.15) is 10.0 Å². The zero-order chi connectivity index (χ0) is 13.9. The third-order valence-corrected chi connectivity index (χ3v) is 3.13. The third-order valence-electron chi connectivity index (χ3n) is 2.36. The highest BCUT2D eigenvalue weighted by Crippen LogP contribution is 2.20. The molecule has 0 saturated carbocycles. The van der Waals surface area contributed by atoms with Crippen molar-refractivity contribution in [1.29, 1.82) is 0 Å². The fourth-order valence-corrected chi connectivity index (χ4v) is 1.61. The summed E-state index contributed by atoms with van der Waals surface area (Å²) in [4.78, 5) is 23.0. The molecule has 8 heteroatoms. The summed E-state index contributed by atoms with van der Waals surface area (Å²) in [6, 6.07) is 0. The van der Waals surface area contributed by atoms with Gasteiger partial charge in [0.2, 0.25) is 5.91 Å². The van der Waals surface area contributed by atoms with Crippen LogP contribution in [-0.2, 0) is 11.3 Å². The molecule has 0 atom stereocenters. The quantitative estimate of drug-likeness (QED) is 0.688. The molecule has 0 radical (unpaired) electrons. The largest absolute Gasteiger partial charge is 0.394 e. The molecule has 1 amide bonds. The highest BCUT2D eigenvalue weighted by molar-refractivity contribution is 9.10. The first kappa shape index (κ1) is 14.7. The SMILES string of the molecule is CC(C)(Nc1cnn(CCO)c(=O)c1Br)C(N)=O. The van der Waals surface area contributed by atoms with Gasteiger partial charge in [-0.2, -0.15) is 5.10 Å². The highest BCUT2D eigenvalue weighted by atomic mass is 79.9. The van der Waals surface area contributed by atoms with E-state index in [1.807, 2.05) is 0 Å². The molecule has 1 aromatic rings. The maximum Gasteiger partial charge on any atom is 0.283 e. The van der Waals surface area contributed by atoms with E-state index in [2.05, 4.69) is 26.3 Å². The van der Waals surface area contributed by atoms with E-state index in [0.717, 1.165) is 4.68 Å². The number of nitrogens with two attached hydrogens (primary N) is 1. The number of carbonyl (C=O) groups excluding carboxylic acids is 1. The Morgan fingerprint density at radius 1 is 1.67 bits per heavy atom. The Labute approximate surface area is 112 Å². The number of aliphatic hydroxyl groups is 1. The van der Waals surface area contributed by atoms with Gasteiger partial charge in [-0.15, -0.1) is 0 Å². The van der Waals surface area contributed by atoms with Gasteiger partial charge in [0.25, 0.3) is 5.56 Å². The first-order chi connectivity index (χ1) is 8.29. The molecule has 1 aromatic heterocycles. The monoisotopic (exact) mass is 318 g/mol. The van der Waals surface area contributed by atoms with Crippen molar-refractivity contribution >= 4 is 27.5 Å². The van der Waals surface area contributed by atoms with Crippen LogP contribution >= 0.6 is 15.9 Å². The van der Waals surface area contributed by atoms with E-state index in [0.29, 0.717) is 5.69 Å². The van der Waals surface area contributed by atoms with Crippen molar-refractivity contribution < 1.29 is 9.90 Å². The second-order valence-corrected chi connectivity index (χ2v) is 5.03. The molecule has 1 heterocycles. The van der Waals surface area contributed by atoms with Crippen LogP contribution in [0, 0.1) is 0 Å². The maximum atomic E-state index is 11.8. The predicted molar refractivity (Wildman–Crippen MR) is 70.2 cm³/mol. The van der Waals surface area contributed by atoms with Gasteiger partial charge in [-0.25, -0.2) is 4.68 Å². The van der Waals surface area contributed by atoms with Crippen molar-refractivity contribution in [2.24, 2.45) is 5.73 Å². The second kappa shape index (κ2) is 5.49. The van der Waals surface area contributed by atoms with E-state index in [9.17, 15) is 9.59 Å². The molecule has 0 fully saturated rings. The average molecular weight is 319 g/mol. The highest BCUT2D eigenvalue weighted by Gasteiger charge is 2.26. The minimum absolute atomic E-state index is 0.108. The van der Waals surface area contributed by atoms with E-state index in [1.54, 1.807) is 13.8 Å². The molecule has 0 bridgehead atoms. The van der Waals surface area contributed by atoms with Crippen molar-refractivity contribution in [3.8, 4) is 0 Å². The number of nitrogens with one attached hydrogen (secondary N) is 1. The number of aliphatic hydroxyl groups excluding tert-OH is 1. The molecule has 0 saturated heterocycles. The minimum Gasteiger partial charge on any atom is -0.394 e. The number of nitrogens with zero attached hydrogens (tertiary/aromatic N) is 2. The molecular formula is C10H15BrN4O3. The molecule has 18 heavy (non-hydrogen) atoms. The Hall–Kier alpha value is -1.41. The lowest BCUT2D eigenvalue weighted by Crippen LogP contribution is -2.45. The number of amides is 1. The van der Waals surface area contributed by atoms with E-state index < -0.39 is 17.0 Å². The van der Waals surface area contributed by atoms with Gasteiger partial charge in [-0.05, 0) is 29.8 Å². The number of rotatable bonds is 5. The Morgan fingerprint density at radius 2 is 2.28 bits per heavy atom. The molecule has 0 aromatic carbocycles. The second-order valence-electron chi connectivity index (χ2n) is 4.24. The zero-order valence-electron chi connectivity index (χ0n) is 10.1. The molecule has 0 spiro atoms. The lowest BCUT2D eigenvalue weighted by molar-refractivity contribution is -0.121. The molecule has 100 valence electrons. The summed E-state index contributed by atoms with van der Waals surface area (Å²) in [5.41, 5.74) is 4.21. The van der Waals surface area contributed by atoms with Gasteiger partial charge in [-0.1, -0.05) is 0 Å². The van der Waals surface area contributed by atoms with Crippen molar-refractivity contribution in [1.82, 2.24) is 9.78 Å². The third kappa shape index (κ3) is 3.08. The predicted octanol–water partition coefficient (Wildman–Crippen LogP) is -0.326. The number of aromatic nitrogens is 2. The van der Waals surface area contributed by atoms with Gasteiger partial charge in [0.15, 0.2) is 0 Å². The number of anilines is 1. The van der Waals surface area contributed by atoms with Crippen LogP contribution in [0.5, 0.6) is 0 Å². The van der Waals surface area contributed by atoms with Crippen molar-refractivity contribution in [3.63, 3.8) is 0 Å². The Balaban J connectivity index is 3.10. The summed E-state index contributed by atoms with van der Waals surface area (Å²) >= 11 is 3.13. The summed E-state index contributed by atoms with van der Waals surface area (Å²) in [7, 11) is 0. The summed E-state index contributed by atoms with van der Waals surface area (Å²) in [6.07, 6.45) is 1.39. The van der Waals surface area contributed by atoms with E-state index >= 15 is 0 Å². The van der Waals surface area contributed by atoms with E-state index in [4.69, 9.17) is 10.8 Å². The van der Waals surface area contributed by atoms with Gasteiger partial charge in [0, 0.05) is 0 Å². The molecule has 0 aliphatic carbocycles. The first-order valence-corrected chi connectivity index (χ1v) is 6.03. The fraction of sp³-hybridized carbons (Fsp3) is 0.500. The maximum absolute atomic E-state index is 11.8. The lowest BCUT2D eigenvalue weighted by Gasteiger charge is -2.24. The Bertz CT molecular complexity index is 512. The summed E-state index contributed by atoms with van der Waals surface area (Å²) < 4.78 is 1.35. The van der Waals surface area contributed by atoms with Crippen LogP contribution in [0.4, 0.5) is 5.69 Å². The number of halogens is 1. The smallest absolute Gasteiger partial charge is 0.283 e. The van der Waals surface area contributed by atoms with Gasteiger partial charge in [-0.3, -0.25) is 9.59 Å². The number of primary amides is 1. The number of carbonyl (C=O) groups is 1. The summed E-state index contributed by atoms with van der Waals surface area (Å²) in [5.74, 6) is -0.547. The molecule has 1 rings (SSSR count). The Morgan fingerprint density at radius 3 is 2.78 bits per heavy atom. The van der Waals surface area contributed by atoms with Crippen molar-refractivity contribution in [2.75, 3.05) is 11.9 Å². The molecule has 4 N–H and O–H groups in total. The van der Waals surface area contributed by atoms with E-state index in [-0.39, 0.29) is 17.6 Å². The van der Waals surface area contributed by atoms with E-state index in [1.165, 1.54) is 6.20 Å². The van der Waals surface area contributed by atoms with Crippen LogP contribution in [0.25, 0.3) is 0 Å². The number of hydrogen-bond acceptors (Lipinski definition) is 5. The van der Waals surface area contributed by atoms with Crippen LogP contribution < -0.4 is 16.6 Å². The average Bonchev–Trinajstić information content (AvgIpc) is 2.28. The zero-order valence-corrected chi connectivity index (χ0v) is 11.7. The topological polar surface area (TPSA) is 110 Å². The standard InChI is InChI=1S/C10H15BrN4O3/c1-10(2,9(12)18)14-6-5-13-15(3-4-16)8(17)7(6)11/h5,14,16H,3-4H2,1-2H3,(H2,12,18). The molecule has 0 aliphatic heterocycles. The van der Waals surface area contributed by atoms with Gasteiger partial charge in [0.05, 0.1) is 25.0 Å². The lowest BCUT2D eigenvalue weighted by atomic mass is 10.1. The van der Waals surface area contributed by atoms with Gasteiger partial charge < -0.3 is 16.2 Å². The first-order valence-electron chi connectivity index (χ1n) is 5.24. The van der Waals surface area contributed by atoms with Crippen LogP contribution in [0.1, 0.15) is 13.8 Å². The molecule has 7 nitrogen and oxygen atoms in total. The van der Waals surface area contributed by atoms with Gasteiger partial charge >= 0.3 is 0 Å². The molecule has 0 aliphatic rings. The van der Waals surface area contributed by atoms with Crippen LogP contribution in [0.3, 0.4) is 0 Å². The minimum atomic E-state index is -1.00. The molecule has 0 unspecified atom stereocenters. The fourth-order valence-electron chi connectivity index (χ4n) is 1.20. The van der Waals surface area contributed by atoms with Crippen LogP contribution in [-0.4, -0.2) is 32.9 Å². The van der Waals surface area contributed by atoms with Crippen molar-refractivity contribution in [3.05, 3.63) is 21.0 Å². The summed E-state index contributed by atoms with van der Waals surface area (Å²) in [6.45, 7) is 3.12.